The van der Waals surface area contributed by atoms with Crippen molar-refractivity contribution >= 4 is 40.9 Å². The molecule has 21 heavy (non-hydrogen) atoms. The predicted molar refractivity (Wildman–Crippen MR) is 79.2 cm³/mol. The molecule has 0 saturated heterocycles. The number of nitrogens with zero attached hydrogens (tertiary/aromatic N) is 1. The molecule has 0 atom stereocenters. The molecule has 0 spiro atoms. The fourth-order valence-electron chi connectivity index (χ4n) is 1.76. The number of nitrogens with one attached hydrogen (secondary N) is 2. The molecule has 0 unspecified atom stereocenters. The molecule has 0 amide bonds. The van der Waals surface area contributed by atoms with Gasteiger partial charge in [-0.25, -0.2) is 13.8 Å². The second-order valence-electron chi connectivity index (χ2n) is 4.19. The highest BCUT2D eigenvalue weighted by Gasteiger charge is 2.18. The van der Waals surface area contributed by atoms with Crippen molar-refractivity contribution < 1.29 is 13.9 Å². The minimum Gasteiger partial charge on any atom is -0.506 e. The Hall–Kier alpha value is -1.99. The van der Waals surface area contributed by atoms with E-state index in [0.29, 0.717) is 15.6 Å². The van der Waals surface area contributed by atoms with Crippen molar-refractivity contribution in [2.45, 2.75) is 4.90 Å². The summed E-state index contributed by atoms with van der Waals surface area (Å²) in [5, 5.41) is 12.8. The number of rotatable bonds is 1. The molecule has 0 aliphatic carbocycles. The largest absolute Gasteiger partial charge is 0.506 e. The van der Waals surface area contributed by atoms with E-state index >= 15 is 0 Å². The van der Waals surface area contributed by atoms with Gasteiger partial charge in [0.15, 0.2) is 0 Å². The fourth-order valence-corrected chi connectivity index (χ4v) is 2.78. The van der Waals surface area contributed by atoms with Crippen LogP contribution >= 0.6 is 23.5 Å². The van der Waals surface area contributed by atoms with Gasteiger partial charge in [-0.1, -0.05) is 11.6 Å². The van der Waals surface area contributed by atoms with Crippen LogP contribution in [-0.2, 0) is 0 Å². The summed E-state index contributed by atoms with van der Waals surface area (Å²) in [5.41, 5.74) is 0.251. The van der Waals surface area contributed by atoms with Crippen LogP contribution in [-0.4, -0.2) is 11.1 Å². The Morgan fingerprint density at radius 2 is 2.05 bits per heavy atom. The van der Waals surface area contributed by atoms with Gasteiger partial charge in [0.2, 0.25) is 5.96 Å². The van der Waals surface area contributed by atoms with E-state index in [2.05, 4.69) is 15.0 Å². The van der Waals surface area contributed by atoms with Gasteiger partial charge >= 0.3 is 0 Å². The van der Waals surface area contributed by atoms with Crippen molar-refractivity contribution in [3.05, 3.63) is 47.0 Å². The lowest BCUT2D eigenvalue weighted by molar-refractivity contribution is 0.475. The Kier molecular flexibility index (Phi) is 3.60. The zero-order valence-corrected chi connectivity index (χ0v) is 11.9. The van der Waals surface area contributed by atoms with E-state index in [1.165, 1.54) is 6.07 Å². The summed E-state index contributed by atoms with van der Waals surface area (Å²) in [5.74, 6) is -1.10. The summed E-state index contributed by atoms with van der Waals surface area (Å²) in [6.07, 6.45) is 0. The first-order valence-corrected chi connectivity index (χ1v) is 6.98. The minimum atomic E-state index is -0.614. The smallest absolute Gasteiger partial charge is 0.211 e. The van der Waals surface area contributed by atoms with Crippen LogP contribution in [0.5, 0.6) is 5.75 Å². The highest BCUT2D eigenvalue weighted by Crippen LogP contribution is 2.41. The van der Waals surface area contributed by atoms with Crippen LogP contribution < -0.4 is 10.0 Å². The Balaban J connectivity index is 1.94. The summed E-state index contributed by atoms with van der Waals surface area (Å²) in [4.78, 5) is 4.76. The zero-order valence-electron chi connectivity index (χ0n) is 10.3. The van der Waals surface area contributed by atoms with Crippen LogP contribution in [0.25, 0.3) is 0 Å². The Morgan fingerprint density at radius 3 is 2.86 bits per heavy atom. The van der Waals surface area contributed by atoms with Crippen molar-refractivity contribution in [1.82, 2.24) is 4.72 Å². The van der Waals surface area contributed by atoms with E-state index < -0.39 is 11.6 Å². The second-order valence-corrected chi connectivity index (χ2v) is 5.47. The molecular weight excluding hydrogens is 320 g/mol. The highest BCUT2D eigenvalue weighted by molar-refractivity contribution is 7.98. The third-order valence-corrected chi connectivity index (χ3v) is 3.73. The average Bonchev–Trinajstić information content (AvgIpc) is 2.43. The SMILES string of the molecule is Oc1cc(Cl)cc2c1N=C(Nc1cc(F)ccc1F)NS2. The second kappa shape index (κ2) is 5.42. The Bertz CT molecular complexity index is 754. The maximum atomic E-state index is 13.6. The van der Waals surface area contributed by atoms with Gasteiger partial charge in [-0.2, -0.15) is 0 Å². The lowest BCUT2D eigenvalue weighted by Gasteiger charge is -2.18. The molecular formula is C13H8ClF2N3OS. The number of aliphatic imine (C=N–C) groups is 1. The number of hydrogen-bond donors (Lipinski definition) is 3. The molecule has 1 aliphatic heterocycles. The van der Waals surface area contributed by atoms with Gasteiger partial charge in [-0.3, -0.25) is 4.72 Å². The molecule has 0 saturated carbocycles. The molecule has 108 valence electrons. The maximum absolute atomic E-state index is 13.6. The summed E-state index contributed by atoms with van der Waals surface area (Å²) in [6, 6.07) is 6.04. The standard InChI is InChI=1S/C13H8ClF2N3OS/c14-6-3-10(20)12-11(4-6)21-19-13(18-12)17-9-5-7(15)1-2-8(9)16/h1-5,20H,(H2,17,18,19). The Labute approximate surface area is 128 Å². The van der Waals surface area contributed by atoms with Gasteiger partial charge in [-0.05, 0) is 30.1 Å². The van der Waals surface area contributed by atoms with Crippen LogP contribution in [0.4, 0.5) is 20.2 Å². The summed E-state index contributed by atoms with van der Waals surface area (Å²) < 4.78 is 29.5. The number of halogens is 3. The molecule has 3 rings (SSSR count). The third kappa shape index (κ3) is 2.88. The first kappa shape index (κ1) is 14.0. The molecule has 0 aromatic heterocycles. The lowest BCUT2D eigenvalue weighted by atomic mass is 10.3. The normalized spacial score (nSPS) is 13.2. The average molecular weight is 328 g/mol. The number of phenolic OH excluding ortho intramolecular Hbond substituents is 1. The zero-order chi connectivity index (χ0) is 15.0. The molecule has 8 heteroatoms. The number of fused-ring (bicyclic) bond motifs is 1. The van der Waals surface area contributed by atoms with Crippen molar-refractivity contribution in [3.8, 4) is 5.75 Å². The minimum absolute atomic E-state index is 0.0567. The maximum Gasteiger partial charge on any atom is 0.211 e. The first-order valence-electron chi connectivity index (χ1n) is 5.79. The van der Waals surface area contributed by atoms with Crippen LogP contribution in [0.3, 0.4) is 0 Å². The van der Waals surface area contributed by atoms with E-state index in [1.54, 1.807) is 6.07 Å². The monoisotopic (exact) mass is 327 g/mol. The van der Waals surface area contributed by atoms with Crippen LogP contribution in [0.2, 0.25) is 5.02 Å². The molecule has 0 bridgehead atoms. The first-order chi connectivity index (χ1) is 10.0. The van der Waals surface area contributed by atoms with Gasteiger partial charge in [-0.15, -0.1) is 0 Å². The number of aromatic hydroxyl groups is 1. The lowest BCUT2D eigenvalue weighted by Crippen LogP contribution is -2.27. The fraction of sp³-hybridized carbons (Fsp3) is 0. The molecule has 1 aliphatic rings. The number of guanidine groups is 1. The summed E-state index contributed by atoms with van der Waals surface area (Å²) >= 11 is 6.98. The molecule has 2 aromatic rings. The number of phenols is 1. The van der Waals surface area contributed by atoms with E-state index in [4.69, 9.17) is 11.6 Å². The van der Waals surface area contributed by atoms with Gasteiger partial charge < -0.3 is 10.4 Å². The van der Waals surface area contributed by atoms with Crippen LogP contribution in [0.15, 0.2) is 40.2 Å². The van der Waals surface area contributed by atoms with Gasteiger partial charge in [0.1, 0.15) is 23.1 Å². The predicted octanol–water partition coefficient (Wildman–Crippen LogP) is 4.03. The van der Waals surface area contributed by atoms with E-state index in [-0.39, 0.29) is 17.4 Å². The molecule has 0 radical (unpaired) electrons. The summed E-state index contributed by atoms with van der Waals surface area (Å²) in [6.45, 7) is 0. The van der Waals surface area contributed by atoms with Crippen LogP contribution in [0, 0.1) is 11.6 Å². The molecule has 2 aromatic carbocycles. The third-order valence-electron chi connectivity index (χ3n) is 2.68. The van der Waals surface area contributed by atoms with Crippen LogP contribution in [0.1, 0.15) is 0 Å². The topological polar surface area (TPSA) is 56.7 Å². The Morgan fingerprint density at radius 1 is 1.24 bits per heavy atom. The number of hydrogen-bond acceptors (Lipinski definition) is 5. The highest BCUT2D eigenvalue weighted by atomic mass is 35.5. The van der Waals surface area contributed by atoms with E-state index in [1.807, 2.05) is 0 Å². The van der Waals surface area contributed by atoms with Crippen molar-refractivity contribution in [2.24, 2.45) is 4.99 Å². The number of anilines is 1. The molecule has 1 heterocycles. The summed E-state index contributed by atoms with van der Waals surface area (Å²) in [7, 11) is 0. The number of benzene rings is 2. The van der Waals surface area contributed by atoms with Crippen molar-refractivity contribution in [3.63, 3.8) is 0 Å². The van der Waals surface area contributed by atoms with Gasteiger partial charge in [0.25, 0.3) is 0 Å². The van der Waals surface area contributed by atoms with E-state index in [9.17, 15) is 13.9 Å². The molecule has 4 nitrogen and oxygen atoms in total. The van der Waals surface area contributed by atoms with Gasteiger partial charge in [0, 0.05) is 17.2 Å². The molecule has 0 fully saturated rings. The quantitative estimate of drug-likeness (QED) is 0.692. The van der Waals surface area contributed by atoms with Crippen molar-refractivity contribution in [1.29, 1.82) is 0 Å². The van der Waals surface area contributed by atoms with Crippen molar-refractivity contribution in [2.75, 3.05) is 5.32 Å². The molecule has 3 N–H and O–H groups in total. The van der Waals surface area contributed by atoms with Gasteiger partial charge in [0.05, 0.1) is 10.6 Å². The van der Waals surface area contributed by atoms with E-state index in [0.717, 1.165) is 30.1 Å².